The topological polar surface area (TPSA) is 24.9 Å². The summed E-state index contributed by atoms with van der Waals surface area (Å²) in [6, 6.07) is 7.28. The van der Waals surface area contributed by atoms with Crippen molar-refractivity contribution in [1.29, 1.82) is 0 Å². The number of pyridine rings is 1. The van der Waals surface area contributed by atoms with Gasteiger partial charge in [-0.25, -0.2) is 0 Å². The molecule has 1 N–H and O–H groups in total. The maximum atomic E-state index is 4.08. The highest BCUT2D eigenvalue weighted by Gasteiger charge is 2.27. The van der Waals surface area contributed by atoms with Gasteiger partial charge < -0.3 is 5.32 Å². The highest BCUT2D eigenvalue weighted by molar-refractivity contribution is 8.01. The van der Waals surface area contributed by atoms with Gasteiger partial charge in [-0.3, -0.25) is 4.98 Å². The van der Waals surface area contributed by atoms with E-state index in [2.05, 4.69) is 47.7 Å². The van der Waals surface area contributed by atoms with Gasteiger partial charge in [0.15, 0.2) is 0 Å². The van der Waals surface area contributed by atoms with E-state index in [-0.39, 0.29) is 0 Å². The second-order valence-electron chi connectivity index (χ2n) is 5.05. The number of nitrogens with zero attached hydrogens (tertiary/aromatic N) is 1. The zero-order valence-corrected chi connectivity index (χ0v) is 12.8. The van der Waals surface area contributed by atoms with Crippen LogP contribution in [0.2, 0.25) is 0 Å². The van der Waals surface area contributed by atoms with Crippen molar-refractivity contribution in [3.63, 3.8) is 0 Å². The van der Waals surface area contributed by atoms with Gasteiger partial charge in [0.05, 0.1) is 4.21 Å². The summed E-state index contributed by atoms with van der Waals surface area (Å²) in [7, 11) is 0. The lowest BCUT2D eigenvalue weighted by Crippen LogP contribution is -2.28. The molecule has 0 bridgehead atoms. The molecule has 1 aliphatic rings. The highest BCUT2D eigenvalue weighted by Crippen LogP contribution is 2.44. The second kappa shape index (κ2) is 5.65. The zero-order valence-electron chi connectivity index (χ0n) is 11.2. The predicted molar refractivity (Wildman–Crippen MR) is 82.8 cm³/mol. The minimum atomic E-state index is 0.357. The van der Waals surface area contributed by atoms with Gasteiger partial charge in [-0.1, -0.05) is 6.92 Å². The van der Waals surface area contributed by atoms with Crippen LogP contribution in [0.5, 0.6) is 0 Å². The Hall–Kier alpha value is -0.840. The number of thiophene rings is 1. The Morgan fingerprint density at radius 2 is 2.11 bits per heavy atom. The molecule has 19 heavy (non-hydrogen) atoms. The van der Waals surface area contributed by atoms with Gasteiger partial charge in [0.25, 0.3) is 0 Å². The van der Waals surface area contributed by atoms with E-state index in [0.29, 0.717) is 17.3 Å². The number of aromatic nitrogens is 1. The third-order valence-corrected chi connectivity index (χ3v) is 5.91. The van der Waals surface area contributed by atoms with Crippen molar-refractivity contribution >= 4 is 23.1 Å². The molecule has 2 aromatic rings. The van der Waals surface area contributed by atoms with E-state index in [9.17, 15) is 0 Å². The molecule has 2 nitrogen and oxygen atoms in total. The molecule has 4 heteroatoms. The maximum Gasteiger partial charge on any atom is 0.0649 e. The number of rotatable bonds is 3. The van der Waals surface area contributed by atoms with Gasteiger partial charge in [-0.15, -0.1) is 23.1 Å². The van der Waals surface area contributed by atoms with Crippen molar-refractivity contribution in [2.75, 3.05) is 0 Å². The highest BCUT2D eigenvalue weighted by atomic mass is 32.2. The summed E-state index contributed by atoms with van der Waals surface area (Å²) >= 11 is 3.88. The van der Waals surface area contributed by atoms with Gasteiger partial charge in [0.1, 0.15) is 0 Å². The fourth-order valence-electron chi connectivity index (χ4n) is 2.56. The SMILES string of the molecule is CC(NC1C[C@H](C)Sc2sccc21)c1ccncc1. The lowest BCUT2D eigenvalue weighted by Gasteiger charge is -2.30. The Balaban J connectivity index is 1.77. The molecule has 0 aliphatic carbocycles. The van der Waals surface area contributed by atoms with Crippen molar-refractivity contribution in [3.8, 4) is 0 Å². The number of fused-ring (bicyclic) bond motifs is 1. The molecule has 0 fully saturated rings. The maximum absolute atomic E-state index is 4.08. The molecule has 100 valence electrons. The third kappa shape index (κ3) is 2.86. The van der Waals surface area contributed by atoms with Crippen LogP contribution in [-0.2, 0) is 0 Å². The first-order chi connectivity index (χ1) is 9.24. The van der Waals surface area contributed by atoms with E-state index in [1.807, 2.05) is 35.5 Å². The van der Waals surface area contributed by atoms with Crippen LogP contribution in [0.25, 0.3) is 0 Å². The normalized spacial score (nSPS) is 23.9. The average Bonchev–Trinajstić information content (AvgIpc) is 2.88. The second-order valence-corrected chi connectivity index (χ2v) is 7.67. The Kier molecular flexibility index (Phi) is 3.91. The first-order valence-corrected chi connectivity index (χ1v) is 8.40. The van der Waals surface area contributed by atoms with E-state index < -0.39 is 0 Å². The summed E-state index contributed by atoms with van der Waals surface area (Å²) < 4.78 is 1.48. The minimum absolute atomic E-state index is 0.357. The number of hydrogen-bond donors (Lipinski definition) is 1. The fourth-order valence-corrected chi connectivity index (χ4v) is 5.12. The summed E-state index contributed by atoms with van der Waals surface area (Å²) in [6.07, 6.45) is 4.93. The summed E-state index contributed by atoms with van der Waals surface area (Å²) in [5, 5.41) is 6.67. The van der Waals surface area contributed by atoms with Crippen LogP contribution in [0.4, 0.5) is 0 Å². The number of nitrogens with one attached hydrogen (secondary N) is 1. The molecule has 0 saturated carbocycles. The molecule has 3 atom stereocenters. The first-order valence-electron chi connectivity index (χ1n) is 6.64. The number of hydrogen-bond acceptors (Lipinski definition) is 4. The molecule has 3 rings (SSSR count). The molecule has 0 aromatic carbocycles. The van der Waals surface area contributed by atoms with E-state index in [1.165, 1.54) is 21.8 Å². The monoisotopic (exact) mass is 290 g/mol. The van der Waals surface area contributed by atoms with Gasteiger partial charge >= 0.3 is 0 Å². The van der Waals surface area contributed by atoms with Crippen LogP contribution < -0.4 is 5.32 Å². The van der Waals surface area contributed by atoms with Crippen molar-refractivity contribution in [2.45, 2.75) is 41.8 Å². The fraction of sp³-hybridized carbons (Fsp3) is 0.400. The van der Waals surface area contributed by atoms with Crippen molar-refractivity contribution in [1.82, 2.24) is 10.3 Å². The van der Waals surface area contributed by atoms with Crippen molar-refractivity contribution in [3.05, 3.63) is 47.1 Å². The molecular formula is C15H18N2S2. The van der Waals surface area contributed by atoms with Crippen LogP contribution in [0.15, 0.2) is 40.2 Å². The molecule has 2 unspecified atom stereocenters. The lowest BCUT2D eigenvalue weighted by molar-refractivity contribution is 0.435. The van der Waals surface area contributed by atoms with Gasteiger partial charge in [-0.2, -0.15) is 0 Å². The quantitative estimate of drug-likeness (QED) is 0.906. The Morgan fingerprint density at radius 3 is 2.89 bits per heavy atom. The molecule has 1 aliphatic heterocycles. The van der Waals surface area contributed by atoms with Crippen LogP contribution >= 0.6 is 23.1 Å². The molecule has 0 saturated heterocycles. The summed E-state index contributed by atoms with van der Waals surface area (Å²) in [6.45, 7) is 4.55. The van der Waals surface area contributed by atoms with Crippen LogP contribution in [0.3, 0.4) is 0 Å². The Labute approximate surface area is 122 Å². The largest absolute Gasteiger partial charge is 0.303 e. The molecule has 3 heterocycles. The minimum Gasteiger partial charge on any atom is -0.303 e. The Morgan fingerprint density at radius 1 is 1.32 bits per heavy atom. The van der Waals surface area contributed by atoms with Crippen LogP contribution in [0.1, 0.15) is 43.5 Å². The predicted octanol–water partition coefficient (Wildman–Crippen LogP) is 4.42. The lowest BCUT2D eigenvalue weighted by atomic mass is 10.0. The zero-order chi connectivity index (χ0) is 13.2. The van der Waals surface area contributed by atoms with Crippen LogP contribution in [0, 0.1) is 0 Å². The Bertz CT molecular complexity index is 538. The van der Waals surface area contributed by atoms with Crippen molar-refractivity contribution < 1.29 is 0 Å². The summed E-state index contributed by atoms with van der Waals surface area (Å²) in [5.41, 5.74) is 2.78. The molecule has 0 amide bonds. The van der Waals surface area contributed by atoms with Gasteiger partial charge in [0, 0.05) is 29.7 Å². The van der Waals surface area contributed by atoms with E-state index in [0.717, 1.165) is 0 Å². The smallest absolute Gasteiger partial charge is 0.0649 e. The average molecular weight is 290 g/mol. The molecule has 0 radical (unpaired) electrons. The van der Waals surface area contributed by atoms with Gasteiger partial charge in [-0.05, 0) is 48.1 Å². The standard InChI is InChI=1S/C15H18N2S2/c1-10-9-14(13-5-8-18-15(13)19-10)17-11(2)12-3-6-16-7-4-12/h3-8,10-11,14,17H,9H2,1-2H3/t10-,11?,14?/m0/s1. The van der Waals surface area contributed by atoms with Gasteiger partial charge in [0.2, 0.25) is 0 Å². The first kappa shape index (κ1) is 13.2. The third-order valence-electron chi connectivity index (χ3n) is 3.57. The van der Waals surface area contributed by atoms with E-state index in [4.69, 9.17) is 0 Å². The van der Waals surface area contributed by atoms with E-state index in [1.54, 1.807) is 0 Å². The molecular weight excluding hydrogens is 272 g/mol. The summed E-state index contributed by atoms with van der Waals surface area (Å²) in [4.78, 5) is 4.08. The number of thioether (sulfide) groups is 1. The van der Waals surface area contributed by atoms with Crippen molar-refractivity contribution in [2.24, 2.45) is 0 Å². The summed E-state index contributed by atoms with van der Waals surface area (Å²) in [5.74, 6) is 0. The van der Waals surface area contributed by atoms with E-state index >= 15 is 0 Å². The van der Waals surface area contributed by atoms with Crippen LogP contribution in [-0.4, -0.2) is 10.2 Å². The molecule has 0 spiro atoms. The molecule has 2 aromatic heterocycles.